The van der Waals surface area contributed by atoms with Gasteiger partial charge >= 0.3 is 0 Å². The van der Waals surface area contributed by atoms with Crippen LogP contribution in [-0.4, -0.2) is 35.9 Å². The molecule has 0 saturated heterocycles. The summed E-state index contributed by atoms with van der Waals surface area (Å²) in [5.74, 6) is 0.831. The maximum atomic E-state index is 10.8. The number of hydrogen-bond donors (Lipinski definition) is 1. The van der Waals surface area contributed by atoms with Gasteiger partial charge in [-0.25, -0.2) is 4.99 Å². The van der Waals surface area contributed by atoms with E-state index in [0.717, 1.165) is 37.5 Å². The minimum Gasteiger partial charge on any atom is -0.357 e. The maximum absolute atomic E-state index is 10.8. The Morgan fingerprint density at radius 3 is 2.73 bits per heavy atom. The fourth-order valence-electron chi connectivity index (χ4n) is 1.91. The van der Waals surface area contributed by atoms with Crippen LogP contribution in [0, 0.1) is 10.1 Å². The summed E-state index contributed by atoms with van der Waals surface area (Å²) in [6.45, 7) is 6.35. The van der Waals surface area contributed by atoms with Crippen molar-refractivity contribution in [2.75, 3.05) is 20.1 Å². The monoisotopic (exact) mass is 420 g/mol. The van der Waals surface area contributed by atoms with Crippen LogP contribution >= 0.6 is 24.0 Å². The second kappa shape index (κ2) is 11.2. The van der Waals surface area contributed by atoms with E-state index in [2.05, 4.69) is 22.1 Å². The Morgan fingerprint density at radius 2 is 2.14 bits per heavy atom. The summed E-state index contributed by atoms with van der Waals surface area (Å²) in [7, 11) is 2.00. The Kier molecular flexibility index (Phi) is 10.5. The van der Waals surface area contributed by atoms with Crippen molar-refractivity contribution in [1.29, 1.82) is 0 Å². The number of unbranched alkanes of at least 4 members (excludes halogenated alkanes) is 1. The molecule has 6 nitrogen and oxygen atoms in total. The quantitative estimate of drug-likeness (QED) is 0.241. The molecule has 0 aromatic heterocycles. The van der Waals surface area contributed by atoms with Crippen LogP contribution in [-0.2, 0) is 6.54 Å². The lowest BCUT2D eigenvalue weighted by Gasteiger charge is -2.21. The van der Waals surface area contributed by atoms with Crippen LogP contribution in [0.5, 0.6) is 0 Å². The predicted octanol–water partition coefficient (Wildman–Crippen LogP) is 3.41. The van der Waals surface area contributed by atoms with E-state index in [4.69, 9.17) is 0 Å². The third kappa shape index (κ3) is 7.06. The van der Waals surface area contributed by atoms with Gasteiger partial charge < -0.3 is 10.2 Å². The molecule has 0 radical (unpaired) electrons. The number of benzene rings is 1. The van der Waals surface area contributed by atoms with Gasteiger partial charge in [-0.05, 0) is 18.9 Å². The fourth-order valence-corrected chi connectivity index (χ4v) is 1.91. The van der Waals surface area contributed by atoms with Crippen molar-refractivity contribution in [3.05, 3.63) is 39.9 Å². The molecule has 1 aromatic rings. The highest BCUT2D eigenvalue weighted by atomic mass is 127. The Bertz CT molecular complexity index is 494. The van der Waals surface area contributed by atoms with Gasteiger partial charge in [0.25, 0.3) is 5.69 Å². The highest BCUT2D eigenvalue weighted by Crippen LogP contribution is 2.13. The second-order valence-electron chi connectivity index (χ2n) is 4.87. The first-order valence-corrected chi connectivity index (χ1v) is 7.31. The molecule has 0 spiro atoms. The number of nitro benzene ring substituents is 1. The summed E-state index contributed by atoms with van der Waals surface area (Å²) in [5.41, 5.74) is 0.940. The SMILES string of the molecule is CCCCN(C)C(=NCc1cccc([N+](=O)[O-])c1)NCC.I. The molecular formula is C15H25IN4O2. The Morgan fingerprint density at radius 1 is 1.41 bits per heavy atom. The van der Waals surface area contributed by atoms with Crippen LogP contribution in [0.1, 0.15) is 32.3 Å². The van der Waals surface area contributed by atoms with Gasteiger partial charge in [0, 0.05) is 32.3 Å². The van der Waals surface area contributed by atoms with Crippen LogP contribution in [0.25, 0.3) is 0 Å². The van der Waals surface area contributed by atoms with Gasteiger partial charge in [0.15, 0.2) is 5.96 Å². The lowest BCUT2D eigenvalue weighted by Crippen LogP contribution is -2.39. The largest absolute Gasteiger partial charge is 0.357 e. The van der Waals surface area contributed by atoms with E-state index in [1.807, 2.05) is 20.0 Å². The summed E-state index contributed by atoms with van der Waals surface area (Å²) in [5, 5.41) is 14.0. The van der Waals surface area contributed by atoms with E-state index in [1.165, 1.54) is 6.07 Å². The van der Waals surface area contributed by atoms with E-state index < -0.39 is 0 Å². The molecular weight excluding hydrogens is 395 g/mol. The van der Waals surface area contributed by atoms with Crippen molar-refractivity contribution in [2.45, 2.75) is 33.2 Å². The molecule has 0 atom stereocenters. The first-order valence-electron chi connectivity index (χ1n) is 7.31. The summed E-state index contributed by atoms with van der Waals surface area (Å²) in [4.78, 5) is 17.0. The van der Waals surface area contributed by atoms with E-state index in [9.17, 15) is 10.1 Å². The number of nitrogens with one attached hydrogen (secondary N) is 1. The number of rotatable bonds is 7. The first-order chi connectivity index (χ1) is 10.1. The number of non-ortho nitro benzene ring substituents is 1. The van der Waals surface area contributed by atoms with Crippen molar-refractivity contribution in [3.8, 4) is 0 Å². The summed E-state index contributed by atoms with van der Waals surface area (Å²) < 4.78 is 0. The van der Waals surface area contributed by atoms with Gasteiger partial charge in [0.1, 0.15) is 0 Å². The van der Waals surface area contributed by atoms with Gasteiger partial charge in [-0.15, -0.1) is 24.0 Å². The molecule has 1 aromatic carbocycles. The summed E-state index contributed by atoms with van der Waals surface area (Å²) in [6, 6.07) is 6.60. The standard InChI is InChI=1S/C15H24N4O2.HI/c1-4-6-10-18(3)15(16-5-2)17-12-13-8-7-9-14(11-13)19(20)21;/h7-9,11H,4-6,10,12H2,1-3H3,(H,16,17);1H. The van der Waals surface area contributed by atoms with Crippen LogP contribution in [0.15, 0.2) is 29.3 Å². The fraction of sp³-hybridized carbons (Fsp3) is 0.533. The lowest BCUT2D eigenvalue weighted by molar-refractivity contribution is -0.384. The Hall–Kier alpha value is -1.38. The Balaban J connectivity index is 0.00000441. The number of nitrogens with zero attached hydrogens (tertiary/aromatic N) is 3. The Labute approximate surface area is 149 Å². The highest BCUT2D eigenvalue weighted by Gasteiger charge is 2.07. The van der Waals surface area contributed by atoms with E-state index in [0.29, 0.717) is 6.54 Å². The molecule has 22 heavy (non-hydrogen) atoms. The number of aliphatic imine (C=N–C) groups is 1. The molecule has 1 rings (SSSR count). The topological polar surface area (TPSA) is 70.8 Å². The summed E-state index contributed by atoms with van der Waals surface area (Å²) in [6.07, 6.45) is 2.24. The van der Waals surface area contributed by atoms with Gasteiger partial charge in [-0.1, -0.05) is 25.5 Å². The van der Waals surface area contributed by atoms with Crippen molar-refractivity contribution in [1.82, 2.24) is 10.2 Å². The number of guanidine groups is 1. The van der Waals surface area contributed by atoms with Crippen LogP contribution < -0.4 is 5.32 Å². The average Bonchev–Trinajstić information content (AvgIpc) is 2.49. The molecule has 0 amide bonds. The molecule has 0 aliphatic carbocycles. The highest BCUT2D eigenvalue weighted by molar-refractivity contribution is 14.0. The van der Waals surface area contributed by atoms with E-state index in [1.54, 1.807) is 12.1 Å². The zero-order chi connectivity index (χ0) is 15.7. The van der Waals surface area contributed by atoms with Gasteiger partial charge in [-0.3, -0.25) is 10.1 Å². The lowest BCUT2D eigenvalue weighted by atomic mass is 10.2. The summed E-state index contributed by atoms with van der Waals surface area (Å²) >= 11 is 0. The van der Waals surface area contributed by atoms with Crippen LogP contribution in [0.3, 0.4) is 0 Å². The smallest absolute Gasteiger partial charge is 0.269 e. The molecule has 0 heterocycles. The van der Waals surface area contributed by atoms with Gasteiger partial charge in [0.05, 0.1) is 11.5 Å². The zero-order valence-electron chi connectivity index (χ0n) is 13.4. The molecule has 0 bridgehead atoms. The van der Waals surface area contributed by atoms with Gasteiger partial charge in [0.2, 0.25) is 0 Å². The molecule has 1 N–H and O–H groups in total. The number of nitro groups is 1. The second-order valence-corrected chi connectivity index (χ2v) is 4.87. The molecule has 0 fully saturated rings. The predicted molar refractivity (Wildman–Crippen MR) is 101 cm³/mol. The maximum Gasteiger partial charge on any atom is 0.269 e. The molecule has 0 aliphatic rings. The molecule has 7 heteroatoms. The van der Waals surface area contributed by atoms with Crippen molar-refractivity contribution < 1.29 is 4.92 Å². The van der Waals surface area contributed by atoms with E-state index >= 15 is 0 Å². The molecule has 0 unspecified atom stereocenters. The average molecular weight is 420 g/mol. The molecule has 124 valence electrons. The zero-order valence-corrected chi connectivity index (χ0v) is 15.7. The van der Waals surface area contributed by atoms with Crippen LogP contribution in [0.4, 0.5) is 5.69 Å². The third-order valence-electron chi connectivity index (χ3n) is 3.08. The van der Waals surface area contributed by atoms with E-state index in [-0.39, 0.29) is 34.6 Å². The van der Waals surface area contributed by atoms with Crippen molar-refractivity contribution in [2.24, 2.45) is 4.99 Å². The number of hydrogen-bond acceptors (Lipinski definition) is 3. The van der Waals surface area contributed by atoms with Crippen molar-refractivity contribution >= 4 is 35.6 Å². The first kappa shape index (κ1) is 20.6. The molecule has 0 aliphatic heterocycles. The van der Waals surface area contributed by atoms with Gasteiger partial charge in [-0.2, -0.15) is 0 Å². The van der Waals surface area contributed by atoms with Crippen LogP contribution in [0.2, 0.25) is 0 Å². The minimum atomic E-state index is -0.383. The third-order valence-corrected chi connectivity index (χ3v) is 3.08. The molecule has 0 saturated carbocycles. The normalized spacial score (nSPS) is 10.8. The number of halogens is 1. The minimum absolute atomic E-state index is 0. The van der Waals surface area contributed by atoms with Crippen molar-refractivity contribution in [3.63, 3.8) is 0 Å².